The molecule has 0 aliphatic heterocycles. The van der Waals surface area contributed by atoms with Gasteiger partial charge in [-0.1, -0.05) is 49.3 Å². The summed E-state index contributed by atoms with van der Waals surface area (Å²) >= 11 is 0. The topological polar surface area (TPSA) is 98.0 Å². The number of benzene rings is 2. The summed E-state index contributed by atoms with van der Waals surface area (Å²) in [5.74, 6) is 0.354. The average Bonchev–Trinajstić information content (AvgIpc) is 3.41. The van der Waals surface area contributed by atoms with Gasteiger partial charge in [0.25, 0.3) is 5.91 Å². The van der Waals surface area contributed by atoms with E-state index in [4.69, 9.17) is 4.52 Å². The van der Waals surface area contributed by atoms with Crippen LogP contribution in [0.5, 0.6) is 0 Å². The molecular formula is C25H20N4O3. The first-order chi connectivity index (χ1) is 15.5. The van der Waals surface area contributed by atoms with Crippen LogP contribution in [0.25, 0.3) is 22.5 Å². The number of hydrogen-bond acceptors (Lipinski definition) is 6. The van der Waals surface area contributed by atoms with Crippen molar-refractivity contribution >= 4 is 11.7 Å². The number of fused-ring (bicyclic) bond motifs is 3. The predicted molar refractivity (Wildman–Crippen MR) is 118 cm³/mol. The number of nitrogens with zero attached hydrogens (tertiary/aromatic N) is 3. The Labute approximate surface area is 184 Å². The SMILES string of the molecule is CC(C)C(NC(=O)c1ccc2c(c1)C(=O)c1ccccc1-2)c1nc(-c2cccnc2)no1. The summed E-state index contributed by atoms with van der Waals surface area (Å²) in [7, 11) is 0. The van der Waals surface area contributed by atoms with Crippen LogP contribution in [0.1, 0.15) is 52.1 Å². The Balaban J connectivity index is 1.40. The Morgan fingerprint density at radius 3 is 2.50 bits per heavy atom. The van der Waals surface area contributed by atoms with Crippen molar-refractivity contribution in [2.75, 3.05) is 0 Å². The first kappa shape index (κ1) is 19.8. The molecule has 0 saturated carbocycles. The molecular weight excluding hydrogens is 404 g/mol. The van der Waals surface area contributed by atoms with Crippen LogP contribution in [-0.4, -0.2) is 26.8 Å². The number of carbonyl (C=O) groups excluding carboxylic acids is 2. The van der Waals surface area contributed by atoms with Crippen molar-refractivity contribution in [1.82, 2.24) is 20.4 Å². The summed E-state index contributed by atoms with van der Waals surface area (Å²) in [6.45, 7) is 3.92. The van der Waals surface area contributed by atoms with Crippen molar-refractivity contribution < 1.29 is 14.1 Å². The van der Waals surface area contributed by atoms with E-state index in [1.54, 1.807) is 30.6 Å². The van der Waals surface area contributed by atoms with Crippen molar-refractivity contribution in [3.05, 3.63) is 89.6 Å². The van der Waals surface area contributed by atoms with Crippen molar-refractivity contribution in [1.29, 1.82) is 0 Å². The lowest BCUT2D eigenvalue weighted by Gasteiger charge is -2.18. The quantitative estimate of drug-likeness (QED) is 0.447. The highest BCUT2D eigenvalue weighted by Gasteiger charge is 2.29. The first-order valence-electron chi connectivity index (χ1n) is 10.4. The third-order valence-corrected chi connectivity index (χ3v) is 5.57. The van der Waals surface area contributed by atoms with Crippen molar-refractivity contribution in [2.45, 2.75) is 19.9 Å². The summed E-state index contributed by atoms with van der Waals surface area (Å²) < 4.78 is 5.45. The van der Waals surface area contributed by atoms with E-state index in [1.165, 1.54) is 0 Å². The molecule has 5 rings (SSSR count). The van der Waals surface area contributed by atoms with Crippen LogP contribution in [0, 0.1) is 5.92 Å². The standard InChI is InChI=1S/C25H20N4O3/c1-14(2)21(25-28-23(29-32-25)16-6-5-11-26-13-16)27-24(31)15-9-10-18-17-7-3-4-8-19(17)22(30)20(18)12-15/h3-14,21H,1-2H3,(H,27,31). The van der Waals surface area contributed by atoms with Crippen LogP contribution in [0.3, 0.4) is 0 Å². The molecule has 0 saturated heterocycles. The van der Waals surface area contributed by atoms with Gasteiger partial charge in [0.15, 0.2) is 5.78 Å². The molecule has 0 bridgehead atoms. The summed E-state index contributed by atoms with van der Waals surface area (Å²) in [5, 5.41) is 7.01. The van der Waals surface area contributed by atoms with Gasteiger partial charge < -0.3 is 9.84 Å². The largest absolute Gasteiger partial charge is 0.340 e. The zero-order chi connectivity index (χ0) is 22.2. The van der Waals surface area contributed by atoms with Gasteiger partial charge in [0.1, 0.15) is 6.04 Å². The Morgan fingerprint density at radius 2 is 1.75 bits per heavy atom. The van der Waals surface area contributed by atoms with Gasteiger partial charge in [-0.3, -0.25) is 14.6 Å². The lowest BCUT2D eigenvalue weighted by molar-refractivity contribution is 0.0914. The second-order valence-corrected chi connectivity index (χ2v) is 8.03. The minimum absolute atomic E-state index is 0.00135. The van der Waals surface area contributed by atoms with Crippen molar-refractivity contribution in [2.24, 2.45) is 5.92 Å². The number of pyridine rings is 1. The Hall–Kier alpha value is -4.13. The van der Waals surface area contributed by atoms with Crippen LogP contribution in [0.15, 0.2) is 71.5 Å². The normalized spacial score (nSPS) is 13.0. The van der Waals surface area contributed by atoms with Crippen LogP contribution in [-0.2, 0) is 0 Å². The monoisotopic (exact) mass is 424 g/mol. The molecule has 1 unspecified atom stereocenters. The molecule has 1 atom stereocenters. The molecule has 1 aliphatic carbocycles. The maximum absolute atomic E-state index is 13.1. The Bertz CT molecular complexity index is 1330. The molecule has 4 aromatic rings. The summed E-state index contributed by atoms with van der Waals surface area (Å²) in [4.78, 5) is 34.4. The number of carbonyl (C=O) groups is 2. The lowest BCUT2D eigenvalue weighted by atomic mass is 10.0. The summed E-state index contributed by atoms with van der Waals surface area (Å²) in [6, 6.07) is 15.8. The van der Waals surface area contributed by atoms with Crippen molar-refractivity contribution in [3.8, 4) is 22.5 Å². The fraction of sp³-hybridized carbons (Fsp3) is 0.160. The van der Waals surface area contributed by atoms with E-state index in [9.17, 15) is 9.59 Å². The lowest BCUT2D eigenvalue weighted by Crippen LogP contribution is -2.32. The Morgan fingerprint density at radius 1 is 0.969 bits per heavy atom. The third kappa shape index (κ3) is 3.37. The van der Waals surface area contributed by atoms with Gasteiger partial charge in [-0.2, -0.15) is 4.98 Å². The van der Waals surface area contributed by atoms with Crippen LogP contribution < -0.4 is 5.32 Å². The molecule has 158 valence electrons. The maximum Gasteiger partial charge on any atom is 0.251 e. The van der Waals surface area contributed by atoms with Crippen LogP contribution in [0.4, 0.5) is 0 Å². The highest BCUT2D eigenvalue weighted by Crippen LogP contribution is 2.36. The Kier molecular flexibility index (Phi) is 4.86. The molecule has 1 amide bonds. The zero-order valence-electron chi connectivity index (χ0n) is 17.6. The zero-order valence-corrected chi connectivity index (χ0v) is 17.6. The second kappa shape index (κ2) is 7.85. The molecule has 2 aromatic carbocycles. The summed E-state index contributed by atoms with van der Waals surface area (Å²) in [5.41, 5.74) is 4.08. The van der Waals surface area contributed by atoms with Gasteiger partial charge in [-0.15, -0.1) is 0 Å². The highest BCUT2D eigenvalue weighted by molar-refractivity contribution is 6.22. The number of ketones is 1. The van der Waals surface area contributed by atoms with Gasteiger partial charge in [0, 0.05) is 34.6 Å². The number of aromatic nitrogens is 3. The fourth-order valence-electron chi connectivity index (χ4n) is 3.88. The number of nitrogens with one attached hydrogen (secondary N) is 1. The van der Waals surface area contributed by atoms with E-state index >= 15 is 0 Å². The van der Waals surface area contributed by atoms with Gasteiger partial charge in [0.05, 0.1) is 0 Å². The van der Waals surface area contributed by atoms with Gasteiger partial charge >= 0.3 is 0 Å². The number of amides is 1. The molecule has 7 heteroatoms. The fourth-order valence-corrected chi connectivity index (χ4v) is 3.88. The molecule has 0 spiro atoms. The van der Waals surface area contributed by atoms with E-state index < -0.39 is 6.04 Å². The average molecular weight is 424 g/mol. The minimum atomic E-state index is -0.485. The maximum atomic E-state index is 13.1. The number of hydrogen-bond donors (Lipinski definition) is 1. The first-order valence-corrected chi connectivity index (χ1v) is 10.4. The van der Waals surface area contributed by atoms with Gasteiger partial charge in [-0.25, -0.2) is 0 Å². The third-order valence-electron chi connectivity index (χ3n) is 5.57. The molecule has 32 heavy (non-hydrogen) atoms. The molecule has 1 aliphatic rings. The van der Waals surface area contributed by atoms with Gasteiger partial charge in [-0.05, 0) is 41.3 Å². The molecule has 0 radical (unpaired) electrons. The van der Waals surface area contributed by atoms with Crippen LogP contribution in [0.2, 0.25) is 0 Å². The molecule has 7 nitrogen and oxygen atoms in total. The van der Waals surface area contributed by atoms with Crippen LogP contribution >= 0.6 is 0 Å². The van der Waals surface area contributed by atoms with E-state index in [0.29, 0.717) is 28.4 Å². The van der Waals surface area contributed by atoms with Crippen molar-refractivity contribution in [3.63, 3.8) is 0 Å². The van der Waals surface area contributed by atoms with E-state index in [0.717, 1.165) is 16.7 Å². The summed E-state index contributed by atoms with van der Waals surface area (Å²) in [6.07, 6.45) is 3.32. The second-order valence-electron chi connectivity index (χ2n) is 8.03. The van der Waals surface area contributed by atoms with E-state index in [1.807, 2.05) is 50.2 Å². The molecule has 0 fully saturated rings. The molecule has 2 aromatic heterocycles. The number of rotatable bonds is 5. The minimum Gasteiger partial charge on any atom is -0.340 e. The highest BCUT2D eigenvalue weighted by atomic mass is 16.5. The predicted octanol–water partition coefficient (Wildman–Crippen LogP) is 4.47. The molecule has 1 N–H and O–H groups in total. The van der Waals surface area contributed by atoms with E-state index in [2.05, 4.69) is 20.4 Å². The molecule has 2 heterocycles. The van der Waals surface area contributed by atoms with Gasteiger partial charge in [0.2, 0.25) is 11.7 Å². The van der Waals surface area contributed by atoms with E-state index in [-0.39, 0.29) is 17.6 Å². The smallest absolute Gasteiger partial charge is 0.251 e.